The van der Waals surface area contributed by atoms with E-state index >= 15 is 0 Å². The number of imide groups is 1. The first kappa shape index (κ1) is 21.7. The van der Waals surface area contributed by atoms with Gasteiger partial charge in [-0.2, -0.15) is 13.2 Å². The number of carbonyl (C=O) groups excluding carboxylic acids is 3. The average Bonchev–Trinajstić information content (AvgIpc) is 3.06. The molecule has 0 radical (unpaired) electrons. The van der Waals surface area contributed by atoms with Crippen LogP contribution in [0.5, 0.6) is 0 Å². The van der Waals surface area contributed by atoms with Crippen molar-refractivity contribution < 1.29 is 27.6 Å². The van der Waals surface area contributed by atoms with Crippen LogP contribution in [0.2, 0.25) is 0 Å². The summed E-state index contributed by atoms with van der Waals surface area (Å²) >= 11 is 0. The smallest absolute Gasteiger partial charge is 0.335 e. The average molecular weight is 400 g/mol. The molecule has 0 atom stereocenters. The maximum atomic E-state index is 12.9. The second-order valence-electron chi connectivity index (χ2n) is 6.77. The Kier molecular flexibility index (Phi) is 7.38. The molecule has 1 saturated carbocycles. The highest BCUT2D eigenvalue weighted by Gasteiger charge is 2.33. The Balaban J connectivity index is 1.79. The molecular formula is C18H23F3N4O3. The van der Waals surface area contributed by atoms with E-state index in [1.54, 1.807) is 0 Å². The first-order valence-corrected chi connectivity index (χ1v) is 8.90. The van der Waals surface area contributed by atoms with Gasteiger partial charge in [-0.3, -0.25) is 19.8 Å². The van der Waals surface area contributed by atoms with E-state index in [0.717, 1.165) is 37.8 Å². The molecule has 28 heavy (non-hydrogen) atoms. The predicted molar refractivity (Wildman–Crippen MR) is 96.5 cm³/mol. The van der Waals surface area contributed by atoms with E-state index in [9.17, 15) is 27.6 Å². The number of likely N-dealkylation sites (N-methyl/N-ethyl adjacent to an activating group) is 1. The molecule has 10 heteroatoms. The van der Waals surface area contributed by atoms with Crippen molar-refractivity contribution in [2.24, 2.45) is 0 Å². The van der Waals surface area contributed by atoms with Crippen molar-refractivity contribution in [2.45, 2.75) is 37.9 Å². The van der Waals surface area contributed by atoms with Crippen LogP contribution in [0.15, 0.2) is 24.3 Å². The maximum absolute atomic E-state index is 12.9. The van der Waals surface area contributed by atoms with Crippen molar-refractivity contribution in [2.75, 3.05) is 25.5 Å². The molecule has 1 aromatic rings. The topological polar surface area (TPSA) is 90.5 Å². The third-order valence-electron chi connectivity index (χ3n) is 4.28. The highest BCUT2D eigenvalue weighted by Crippen LogP contribution is 2.34. The van der Waals surface area contributed by atoms with Gasteiger partial charge in [0.25, 0.3) is 0 Å². The molecule has 1 aromatic carbocycles. The number of alkyl halides is 3. The quantitative estimate of drug-likeness (QED) is 0.684. The van der Waals surface area contributed by atoms with Gasteiger partial charge in [-0.05, 0) is 32.0 Å². The lowest BCUT2D eigenvalue weighted by Gasteiger charge is -2.18. The minimum Gasteiger partial charge on any atom is -0.335 e. The van der Waals surface area contributed by atoms with E-state index in [1.165, 1.54) is 24.1 Å². The van der Waals surface area contributed by atoms with Gasteiger partial charge in [0.05, 0.1) is 24.3 Å². The number of halogens is 3. The summed E-state index contributed by atoms with van der Waals surface area (Å²) in [4.78, 5) is 36.9. The highest BCUT2D eigenvalue weighted by molar-refractivity contribution is 5.96. The summed E-state index contributed by atoms with van der Waals surface area (Å²) in [6.07, 6.45) is -0.771. The molecule has 2 rings (SSSR count). The number of anilines is 1. The number of nitrogens with zero attached hydrogens (tertiary/aromatic N) is 1. The summed E-state index contributed by atoms with van der Waals surface area (Å²) in [6.45, 7) is -0.573. The van der Waals surface area contributed by atoms with Gasteiger partial charge in [0.15, 0.2) is 0 Å². The van der Waals surface area contributed by atoms with Crippen molar-refractivity contribution >= 4 is 23.5 Å². The van der Waals surface area contributed by atoms with E-state index in [1.807, 2.05) is 0 Å². The molecule has 7 nitrogen and oxygen atoms in total. The first-order valence-electron chi connectivity index (χ1n) is 8.90. The summed E-state index contributed by atoms with van der Waals surface area (Å²) in [5.74, 6) is -1.32. The molecule has 0 aliphatic heterocycles. The standard InChI is InChI=1S/C18H23F3N4O3/c1-25(11-16(27)24-17(28)22-12-6-2-3-7-12)10-15(26)23-14-9-5-4-8-13(14)18(19,20)21/h4-5,8-9,12H,2-3,6-7,10-11H2,1H3,(H,23,26)(H2,22,24,27,28). The SMILES string of the molecule is CN(CC(=O)NC(=O)NC1CCCC1)CC(=O)Nc1ccccc1C(F)(F)F. The molecule has 0 heterocycles. The van der Waals surface area contributed by atoms with Gasteiger partial charge >= 0.3 is 12.2 Å². The van der Waals surface area contributed by atoms with E-state index in [0.29, 0.717) is 0 Å². The predicted octanol–water partition coefficient (Wildman–Crippen LogP) is 2.34. The fraction of sp³-hybridized carbons (Fsp3) is 0.500. The third kappa shape index (κ3) is 6.84. The minimum atomic E-state index is -4.59. The normalized spacial score (nSPS) is 14.8. The largest absolute Gasteiger partial charge is 0.418 e. The fourth-order valence-electron chi connectivity index (χ4n) is 3.03. The number of urea groups is 1. The van der Waals surface area contributed by atoms with Crippen LogP contribution in [0.1, 0.15) is 31.2 Å². The number of amides is 4. The first-order chi connectivity index (χ1) is 13.1. The molecular weight excluding hydrogens is 377 g/mol. The van der Waals surface area contributed by atoms with Crippen LogP contribution in [0.3, 0.4) is 0 Å². The van der Waals surface area contributed by atoms with Crippen molar-refractivity contribution in [3.63, 3.8) is 0 Å². The molecule has 1 aliphatic carbocycles. The number of rotatable bonds is 6. The molecule has 0 saturated heterocycles. The number of carbonyl (C=O) groups is 3. The van der Waals surface area contributed by atoms with Crippen LogP contribution in [-0.2, 0) is 15.8 Å². The summed E-state index contributed by atoms with van der Waals surface area (Å²) < 4.78 is 38.8. The fourth-order valence-corrected chi connectivity index (χ4v) is 3.03. The monoisotopic (exact) mass is 400 g/mol. The van der Waals surface area contributed by atoms with Crippen LogP contribution in [0, 0.1) is 0 Å². The van der Waals surface area contributed by atoms with E-state index in [-0.39, 0.29) is 24.8 Å². The number of para-hydroxylation sites is 1. The number of hydrogen-bond donors (Lipinski definition) is 3. The van der Waals surface area contributed by atoms with Crippen LogP contribution in [0.4, 0.5) is 23.7 Å². The van der Waals surface area contributed by atoms with Gasteiger partial charge in [0.2, 0.25) is 11.8 Å². The van der Waals surface area contributed by atoms with Crippen LogP contribution < -0.4 is 16.0 Å². The molecule has 1 fully saturated rings. The van der Waals surface area contributed by atoms with Gasteiger partial charge in [-0.25, -0.2) is 4.79 Å². The molecule has 3 N–H and O–H groups in total. The van der Waals surface area contributed by atoms with Gasteiger partial charge in [0.1, 0.15) is 0 Å². The Morgan fingerprint density at radius 2 is 1.68 bits per heavy atom. The van der Waals surface area contributed by atoms with Crippen molar-refractivity contribution in [3.05, 3.63) is 29.8 Å². The molecule has 0 bridgehead atoms. The molecule has 0 aromatic heterocycles. The second-order valence-corrected chi connectivity index (χ2v) is 6.77. The third-order valence-corrected chi connectivity index (χ3v) is 4.28. The molecule has 0 unspecified atom stereocenters. The van der Waals surface area contributed by atoms with Crippen LogP contribution in [0.25, 0.3) is 0 Å². The van der Waals surface area contributed by atoms with Gasteiger partial charge in [0, 0.05) is 6.04 Å². The minimum absolute atomic E-state index is 0.0602. The Bertz CT molecular complexity index is 718. The van der Waals surface area contributed by atoms with Crippen LogP contribution in [-0.4, -0.2) is 48.9 Å². The van der Waals surface area contributed by atoms with Crippen molar-refractivity contribution in [1.82, 2.24) is 15.5 Å². The van der Waals surface area contributed by atoms with Gasteiger partial charge in [-0.1, -0.05) is 25.0 Å². The zero-order chi connectivity index (χ0) is 20.7. The van der Waals surface area contributed by atoms with Gasteiger partial charge < -0.3 is 10.6 Å². The van der Waals surface area contributed by atoms with Gasteiger partial charge in [-0.15, -0.1) is 0 Å². The zero-order valence-electron chi connectivity index (χ0n) is 15.4. The highest BCUT2D eigenvalue weighted by atomic mass is 19.4. The molecule has 154 valence electrons. The lowest BCUT2D eigenvalue weighted by molar-refractivity contribution is -0.137. The maximum Gasteiger partial charge on any atom is 0.418 e. The number of nitrogens with one attached hydrogen (secondary N) is 3. The molecule has 1 aliphatic rings. The summed E-state index contributed by atoms with van der Waals surface area (Å²) in [6, 6.07) is 4.10. The van der Waals surface area contributed by atoms with Crippen molar-refractivity contribution in [1.29, 1.82) is 0 Å². The Morgan fingerprint density at radius 1 is 1.07 bits per heavy atom. The number of hydrogen-bond acceptors (Lipinski definition) is 4. The lowest BCUT2D eigenvalue weighted by Crippen LogP contribution is -2.47. The number of benzene rings is 1. The van der Waals surface area contributed by atoms with E-state index < -0.39 is 29.6 Å². The second kappa shape index (κ2) is 9.54. The Morgan fingerprint density at radius 3 is 2.32 bits per heavy atom. The Hall–Kier alpha value is -2.62. The summed E-state index contributed by atoms with van der Waals surface area (Å²) in [5, 5.41) is 7.08. The van der Waals surface area contributed by atoms with Crippen LogP contribution >= 0.6 is 0 Å². The van der Waals surface area contributed by atoms with E-state index in [4.69, 9.17) is 0 Å². The molecule has 0 spiro atoms. The zero-order valence-corrected chi connectivity index (χ0v) is 15.4. The summed E-state index contributed by atoms with van der Waals surface area (Å²) in [5.41, 5.74) is -1.30. The molecule has 4 amide bonds. The van der Waals surface area contributed by atoms with Crippen molar-refractivity contribution in [3.8, 4) is 0 Å². The Labute approximate surface area is 160 Å². The lowest BCUT2D eigenvalue weighted by atomic mass is 10.1. The summed E-state index contributed by atoms with van der Waals surface area (Å²) in [7, 11) is 1.45. The van der Waals surface area contributed by atoms with E-state index in [2.05, 4.69) is 16.0 Å².